The van der Waals surface area contributed by atoms with Crippen LogP contribution in [0.4, 0.5) is 11.4 Å². The molecule has 0 unspecified atom stereocenters. The lowest BCUT2D eigenvalue weighted by atomic mass is 10.1. The molecule has 1 aromatic carbocycles. The second-order valence-corrected chi connectivity index (χ2v) is 9.11. The van der Waals surface area contributed by atoms with Crippen molar-refractivity contribution in [1.82, 2.24) is 9.62 Å². The van der Waals surface area contributed by atoms with Crippen LogP contribution in [-0.4, -0.2) is 48.7 Å². The standard InChI is InChI=1S/C16H24N4O5S/c1-16(2,3)18-15(21)11-17-13-7-6-12(20(22)23)10-14(13)26(24,25)19-8-4-5-9-19/h6-7,10,17H,4-5,8-9,11H2,1-3H3,(H,18,21). The fourth-order valence-corrected chi connectivity index (χ4v) is 4.39. The number of non-ortho nitro benzene ring substituents is 1. The number of benzene rings is 1. The van der Waals surface area contributed by atoms with Crippen molar-refractivity contribution >= 4 is 27.3 Å². The number of carbonyl (C=O) groups is 1. The van der Waals surface area contributed by atoms with Crippen LogP contribution in [0.25, 0.3) is 0 Å². The van der Waals surface area contributed by atoms with E-state index >= 15 is 0 Å². The number of nitro benzene ring substituents is 1. The summed E-state index contributed by atoms with van der Waals surface area (Å²) < 4.78 is 27.0. The van der Waals surface area contributed by atoms with E-state index in [4.69, 9.17) is 0 Å². The van der Waals surface area contributed by atoms with E-state index in [0.717, 1.165) is 18.9 Å². The summed E-state index contributed by atoms with van der Waals surface area (Å²) in [5.74, 6) is -0.305. The van der Waals surface area contributed by atoms with Crippen molar-refractivity contribution in [2.24, 2.45) is 0 Å². The Kier molecular flexibility index (Phi) is 5.87. The molecule has 0 atom stereocenters. The summed E-state index contributed by atoms with van der Waals surface area (Å²) in [6.07, 6.45) is 1.51. The van der Waals surface area contributed by atoms with Gasteiger partial charge in [0.05, 0.1) is 17.2 Å². The molecule has 0 aliphatic carbocycles. The van der Waals surface area contributed by atoms with Gasteiger partial charge in [-0.25, -0.2) is 8.42 Å². The Morgan fingerprint density at radius 3 is 2.42 bits per heavy atom. The summed E-state index contributed by atoms with van der Waals surface area (Å²) in [5.41, 5.74) is -0.558. The van der Waals surface area contributed by atoms with Gasteiger partial charge < -0.3 is 10.6 Å². The molecule has 1 amide bonds. The highest BCUT2D eigenvalue weighted by molar-refractivity contribution is 7.89. The predicted molar refractivity (Wildman–Crippen MR) is 97.5 cm³/mol. The number of nitrogens with one attached hydrogen (secondary N) is 2. The number of amides is 1. The molecule has 1 aromatic rings. The summed E-state index contributed by atoms with van der Waals surface area (Å²) >= 11 is 0. The molecule has 26 heavy (non-hydrogen) atoms. The smallest absolute Gasteiger partial charge is 0.270 e. The summed E-state index contributed by atoms with van der Waals surface area (Å²) in [6.45, 7) is 6.13. The number of rotatable bonds is 6. The van der Waals surface area contributed by atoms with E-state index in [1.165, 1.54) is 16.4 Å². The van der Waals surface area contributed by atoms with Gasteiger partial charge in [-0.2, -0.15) is 4.31 Å². The van der Waals surface area contributed by atoms with Crippen LogP contribution in [0, 0.1) is 10.1 Å². The average molecular weight is 384 g/mol. The predicted octanol–water partition coefficient (Wildman–Crippen LogP) is 1.71. The molecule has 0 bridgehead atoms. The van der Waals surface area contributed by atoms with Gasteiger partial charge in [-0.15, -0.1) is 0 Å². The first kappa shape index (κ1) is 20.1. The maximum absolute atomic E-state index is 12.9. The number of hydrogen-bond acceptors (Lipinski definition) is 6. The van der Waals surface area contributed by atoms with Crippen LogP contribution >= 0.6 is 0 Å². The molecule has 0 spiro atoms. The number of sulfonamides is 1. The van der Waals surface area contributed by atoms with Gasteiger partial charge in [0.15, 0.2) is 0 Å². The Morgan fingerprint density at radius 2 is 1.88 bits per heavy atom. The third-order valence-corrected chi connectivity index (χ3v) is 5.75. The van der Waals surface area contributed by atoms with Crippen LogP contribution in [0.2, 0.25) is 0 Å². The Bertz CT molecular complexity index is 795. The Labute approximate surface area is 153 Å². The van der Waals surface area contributed by atoms with Crippen LogP contribution in [0.15, 0.2) is 23.1 Å². The van der Waals surface area contributed by atoms with Gasteiger partial charge in [-0.1, -0.05) is 0 Å². The number of carbonyl (C=O) groups excluding carboxylic acids is 1. The van der Waals surface area contributed by atoms with E-state index in [2.05, 4.69) is 10.6 Å². The number of nitrogens with zero attached hydrogens (tertiary/aromatic N) is 2. The number of hydrogen-bond donors (Lipinski definition) is 2. The molecule has 9 nitrogen and oxygen atoms in total. The second kappa shape index (κ2) is 7.58. The molecular weight excluding hydrogens is 360 g/mol. The zero-order chi connectivity index (χ0) is 19.5. The van der Waals surface area contributed by atoms with Gasteiger partial charge in [-0.3, -0.25) is 14.9 Å². The normalized spacial score (nSPS) is 15.7. The van der Waals surface area contributed by atoms with Crippen molar-refractivity contribution < 1.29 is 18.1 Å². The van der Waals surface area contributed by atoms with E-state index in [1.54, 1.807) is 0 Å². The molecule has 1 heterocycles. The molecule has 0 radical (unpaired) electrons. The molecule has 1 fully saturated rings. The zero-order valence-electron chi connectivity index (χ0n) is 15.1. The molecule has 0 aromatic heterocycles. The molecule has 0 saturated carbocycles. The van der Waals surface area contributed by atoms with Crippen LogP contribution in [0.3, 0.4) is 0 Å². The molecular formula is C16H24N4O5S. The Hall–Kier alpha value is -2.20. The van der Waals surface area contributed by atoms with Gasteiger partial charge in [-0.05, 0) is 39.7 Å². The maximum atomic E-state index is 12.9. The van der Waals surface area contributed by atoms with Gasteiger partial charge in [0.1, 0.15) is 4.90 Å². The lowest BCUT2D eigenvalue weighted by molar-refractivity contribution is -0.385. The first-order chi connectivity index (χ1) is 12.0. The minimum atomic E-state index is -3.87. The van der Waals surface area contributed by atoms with E-state index in [0.29, 0.717) is 13.1 Å². The number of nitro groups is 1. The molecule has 144 valence electrons. The number of anilines is 1. The zero-order valence-corrected chi connectivity index (χ0v) is 15.9. The summed E-state index contributed by atoms with van der Waals surface area (Å²) in [4.78, 5) is 22.2. The maximum Gasteiger partial charge on any atom is 0.270 e. The Morgan fingerprint density at radius 1 is 1.27 bits per heavy atom. The topological polar surface area (TPSA) is 122 Å². The summed E-state index contributed by atoms with van der Waals surface area (Å²) in [6, 6.07) is 3.58. The Balaban J connectivity index is 2.31. The van der Waals surface area contributed by atoms with Crippen LogP contribution < -0.4 is 10.6 Å². The van der Waals surface area contributed by atoms with Crippen molar-refractivity contribution in [2.75, 3.05) is 25.0 Å². The quantitative estimate of drug-likeness (QED) is 0.569. The molecule has 1 saturated heterocycles. The fraction of sp³-hybridized carbons (Fsp3) is 0.562. The van der Waals surface area contributed by atoms with Crippen LogP contribution in [-0.2, 0) is 14.8 Å². The minimum Gasteiger partial charge on any atom is -0.375 e. The lowest BCUT2D eigenvalue weighted by Gasteiger charge is -2.22. The average Bonchev–Trinajstić information content (AvgIpc) is 3.06. The highest BCUT2D eigenvalue weighted by Gasteiger charge is 2.31. The molecule has 2 rings (SSSR count). The van der Waals surface area contributed by atoms with Crippen molar-refractivity contribution in [3.63, 3.8) is 0 Å². The SMILES string of the molecule is CC(C)(C)NC(=O)CNc1ccc([N+](=O)[O-])cc1S(=O)(=O)N1CCCC1. The largest absolute Gasteiger partial charge is 0.375 e. The van der Waals surface area contributed by atoms with Gasteiger partial charge in [0.25, 0.3) is 5.69 Å². The highest BCUT2D eigenvalue weighted by Crippen LogP contribution is 2.30. The summed E-state index contributed by atoms with van der Waals surface area (Å²) in [7, 11) is -3.87. The second-order valence-electron chi connectivity index (χ2n) is 7.20. The lowest BCUT2D eigenvalue weighted by Crippen LogP contribution is -2.43. The third-order valence-electron chi connectivity index (χ3n) is 3.81. The van der Waals surface area contributed by atoms with E-state index < -0.39 is 20.5 Å². The van der Waals surface area contributed by atoms with Crippen LogP contribution in [0.1, 0.15) is 33.6 Å². The van der Waals surface area contributed by atoms with Crippen molar-refractivity contribution in [3.8, 4) is 0 Å². The first-order valence-corrected chi connectivity index (χ1v) is 9.78. The van der Waals surface area contributed by atoms with Gasteiger partial charge >= 0.3 is 0 Å². The van der Waals surface area contributed by atoms with E-state index in [9.17, 15) is 23.3 Å². The van der Waals surface area contributed by atoms with Crippen molar-refractivity contribution in [1.29, 1.82) is 0 Å². The van der Waals surface area contributed by atoms with Crippen molar-refractivity contribution in [3.05, 3.63) is 28.3 Å². The highest BCUT2D eigenvalue weighted by atomic mass is 32.2. The van der Waals surface area contributed by atoms with E-state index in [1.807, 2.05) is 20.8 Å². The van der Waals surface area contributed by atoms with Crippen LogP contribution in [0.5, 0.6) is 0 Å². The molecule has 2 N–H and O–H groups in total. The first-order valence-electron chi connectivity index (χ1n) is 8.34. The van der Waals surface area contributed by atoms with Gasteiger partial charge in [0, 0.05) is 30.8 Å². The van der Waals surface area contributed by atoms with Crippen molar-refractivity contribution in [2.45, 2.75) is 44.0 Å². The molecule has 10 heteroatoms. The molecule has 1 aliphatic rings. The third kappa shape index (κ3) is 4.92. The van der Waals surface area contributed by atoms with Gasteiger partial charge in [0.2, 0.25) is 15.9 Å². The molecule has 1 aliphatic heterocycles. The fourth-order valence-electron chi connectivity index (χ4n) is 2.69. The minimum absolute atomic E-state index is 0.141. The summed E-state index contributed by atoms with van der Waals surface area (Å²) in [5, 5.41) is 16.6. The van der Waals surface area contributed by atoms with E-state index in [-0.39, 0.29) is 28.7 Å². The monoisotopic (exact) mass is 384 g/mol.